The van der Waals surface area contributed by atoms with Crippen LogP contribution in [0.25, 0.3) is 11.0 Å². The van der Waals surface area contributed by atoms with Gasteiger partial charge in [0.05, 0.1) is 11.0 Å². The monoisotopic (exact) mass is 412 g/mol. The summed E-state index contributed by atoms with van der Waals surface area (Å²) in [6.45, 7) is 2.84. The molecule has 3 heterocycles. The number of imidazole rings is 1. The number of hydrogen-bond donors (Lipinski definition) is 1. The lowest BCUT2D eigenvalue weighted by Gasteiger charge is -2.31. The molecular weight excluding hydrogens is 384 g/mol. The van der Waals surface area contributed by atoms with Crippen LogP contribution in [0.3, 0.4) is 0 Å². The molecule has 1 unspecified atom stereocenters. The molecule has 0 bridgehead atoms. The molecule has 1 atom stereocenters. The third-order valence-electron chi connectivity index (χ3n) is 6.48. The van der Waals surface area contributed by atoms with E-state index in [2.05, 4.69) is 10.2 Å². The Kier molecular flexibility index (Phi) is 5.85. The number of fused-ring (bicyclic) bond motifs is 1. The highest BCUT2D eigenvalue weighted by molar-refractivity contribution is 6.00. The van der Waals surface area contributed by atoms with Crippen LogP contribution in [-0.4, -0.2) is 45.2 Å². The first-order chi connectivity index (χ1) is 14.5. The van der Waals surface area contributed by atoms with Gasteiger partial charge < -0.3 is 4.79 Å². The van der Waals surface area contributed by atoms with Gasteiger partial charge in [0, 0.05) is 26.4 Å². The lowest BCUT2D eigenvalue weighted by atomic mass is 9.92. The van der Waals surface area contributed by atoms with Crippen LogP contribution >= 0.6 is 0 Å². The zero-order valence-electron chi connectivity index (χ0n) is 17.3. The van der Waals surface area contributed by atoms with Gasteiger partial charge in [-0.1, -0.05) is 6.07 Å². The van der Waals surface area contributed by atoms with Crippen LogP contribution in [-0.2, 0) is 28.0 Å². The SMILES string of the molecule is Cn1c(=O)n(C2CCC(=O)NC2=O)c2ccc(CN3CCC(CCC=O)CC3)cc21. The summed E-state index contributed by atoms with van der Waals surface area (Å²) < 4.78 is 3.09. The van der Waals surface area contributed by atoms with Crippen LogP contribution in [0.5, 0.6) is 0 Å². The second kappa shape index (κ2) is 8.55. The maximum Gasteiger partial charge on any atom is 0.329 e. The molecular formula is C22H28N4O4. The zero-order valence-corrected chi connectivity index (χ0v) is 17.3. The van der Waals surface area contributed by atoms with E-state index in [1.807, 2.05) is 18.2 Å². The highest BCUT2D eigenvalue weighted by atomic mass is 16.2. The fraction of sp³-hybridized carbons (Fsp3) is 0.545. The molecule has 2 aliphatic rings. The van der Waals surface area contributed by atoms with E-state index in [9.17, 15) is 19.2 Å². The second-order valence-electron chi connectivity index (χ2n) is 8.47. The number of aromatic nitrogens is 2. The van der Waals surface area contributed by atoms with Crippen molar-refractivity contribution in [3.05, 3.63) is 34.2 Å². The minimum absolute atomic E-state index is 0.236. The predicted octanol–water partition coefficient (Wildman–Crippen LogP) is 1.51. The van der Waals surface area contributed by atoms with Gasteiger partial charge in [-0.15, -0.1) is 0 Å². The first-order valence-electron chi connectivity index (χ1n) is 10.7. The molecule has 0 radical (unpaired) electrons. The summed E-state index contributed by atoms with van der Waals surface area (Å²) in [5.74, 6) is -0.0681. The van der Waals surface area contributed by atoms with Crippen LogP contribution in [0, 0.1) is 5.92 Å². The Labute approximate surface area is 174 Å². The number of likely N-dealkylation sites (tertiary alicyclic amines) is 1. The number of aryl methyl sites for hydroxylation is 1. The van der Waals surface area contributed by atoms with Gasteiger partial charge >= 0.3 is 5.69 Å². The number of nitrogens with one attached hydrogen (secondary N) is 1. The summed E-state index contributed by atoms with van der Waals surface area (Å²) >= 11 is 0. The number of nitrogens with zero attached hydrogens (tertiary/aromatic N) is 3. The van der Waals surface area contributed by atoms with Crippen molar-refractivity contribution in [3.63, 3.8) is 0 Å². The molecule has 30 heavy (non-hydrogen) atoms. The van der Waals surface area contributed by atoms with Crippen molar-refractivity contribution in [1.29, 1.82) is 0 Å². The third-order valence-corrected chi connectivity index (χ3v) is 6.48. The number of imide groups is 1. The molecule has 2 fully saturated rings. The van der Waals surface area contributed by atoms with Crippen molar-refractivity contribution in [2.75, 3.05) is 13.1 Å². The van der Waals surface area contributed by atoms with Gasteiger partial charge in [-0.3, -0.25) is 28.9 Å². The number of benzene rings is 1. The molecule has 0 saturated carbocycles. The van der Waals surface area contributed by atoms with Crippen LogP contribution in [0.1, 0.15) is 50.1 Å². The topological polar surface area (TPSA) is 93.4 Å². The van der Waals surface area contributed by atoms with Crippen molar-refractivity contribution in [1.82, 2.24) is 19.4 Å². The Balaban J connectivity index is 1.52. The maximum atomic E-state index is 12.9. The Morgan fingerprint density at radius 3 is 2.57 bits per heavy atom. The van der Waals surface area contributed by atoms with Crippen molar-refractivity contribution < 1.29 is 14.4 Å². The molecule has 0 spiro atoms. The average molecular weight is 412 g/mol. The Bertz CT molecular complexity index is 1030. The van der Waals surface area contributed by atoms with Gasteiger partial charge in [-0.2, -0.15) is 0 Å². The highest BCUT2D eigenvalue weighted by Crippen LogP contribution is 2.26. The summed E-state index contributed by atoms with van der Waals surface area (Å²) in [5.41, 5.74) is 2.40. The fourth-order valence-electron chi connectivity index (χ4n) is 4.73. The van der Waals surface area contributed by atoms with Crippen LogP contribution < -0.4 is 11.0 Å². The first-order valence-corrected chi connectivity index (χ1v) is 10.7. The van der Waals surface area contributed by atoms with E-state index in [1.54, 1.807) is 11.6 Å². The lowest BCUT2D eigenvalue weighted by molar-refractivity contribution is -0.135. The Morgan fingerprint density at radius 2 is 1.87 bits per heavy atom. The first kappa shape index (κ1) is 20.5. The molecule has 4 rings (SSSR count). The molecule has 8 nitrogen and oxygen atoms in total. The summed E-state index contributed by atoms with van der Waals surface area (Å²) in [6, 6.07) is 5.29. The van der Waals surface area contributed by atoms with Crippen LogP contribution in [0.4, 0.5) is 0 Å². The molecule has 8 heteroatoms. The number of hydrogen-bond acceptors (Lipinski definition) is 5. The number of rotatable bonds is 6. The number of amides is 2. The molecule has 2 saturated heterocycles. The summed E-state index contributed by atoms with van der Waals surface area (Å²) in [4.78, 5) is 49.6. The van der Waals surface area contributed by atoms with Crippen molar-refractivity contribution in [2.24, 2.45) is 13.0 Å². The van der Waals surface area contributed by atoms with E-state index >= 15 is 0 Å². The normalized spacial score (nSPS) is 21.2. The van der Waals surface area contributed by atoms with Gasteiger partial charge in [0.25, 0.3) is 0 Å². The molecule has 160 valence electrons. The second-order valence-corrected chi connectivity index (χ2v) is 8.47. The average Bonchev–Trinajstić information content (AvgIpc) is 2.98. The van der Waals surface area contributed by atoms with Crippen molar-refractivity contribution in [3.8, 4) is 0 Å². The number of aldehydes is 1. The quantitative estimate of drug-likeness (QED) is 0.573. The van der Waals surface area contributed by atoms with E-state index in [-0.39, 0.29) is 18.0 Å². The Hall–Kier alpha value is -2.74. The van der Waals surface area contributed by atoms with Gasteiger partial charge in [0.1, 0.15) is 12.3 Å². The van der Waals surface area contributed by atoms with Gasteiger partial charge in [0.15, 0.2) is 0 Å². The summed E-state index contributed by atoms with van der Waals surface area (Å²) in [7, 11) is 1.72. The number of carbonyl (C=O) groups is 3. The third kappa shape index (κ3) is 3.96. The Morgan fingerprint density at radius 1 is 1.10 bits per heavy atom. The lowest BCUT2D eigenvalue weighted by Crippen LogP contribution is -2.44. The highest BCUT2D eigenvalue weighted by Gasteiger charge is 2.31. The standard InChI is InChI=1S/C22H28N4O4/c1-24-19-13-16(14-25-10-8-15(9-11-25)3-2-12-27)4-5-17(19)26(22(24)30)18-6-7-20(28)23-21(18)29/h4-5,12-13,15,18H,2-3,6-11,14H2,1H3,(H,23,28,29). The predicted molar refractivity (Wildman–Crippen MR) is 112 cm³/mol. The largest absolute Gasteiger partial charge is 0.329 e. The molecule has 2 amide bonds. The maximum absolute atomic E-state index is 12.9. The van der Waals surface area contributed by atoms with Crippen LogP contribution in [0.15, 0.2) is 23.0 Å². The van der Waals surface area contributed by atoms with Gasteiger partial charge in [0.2, 0.25) is 11.8 Å². The molecule has 2 aromatic rings. The number of piperidine rings is 2. The molecule has 1 aromatic heterocycles. The summed E-state index contributed by atoms with van der Waals surface area (Å²) in [5, 5.41) is 2.34. The molecule has 1 N–H and O–H groups in total. The minimum Gasteiger partial charge on any atom is -0.303 e. The zero-order chi connectivity index (χ0) is 21.3. The van der Waals surface area contributed by atoms with E-state index in [0.29, 0.717) is 24.3 Å². The summed E-state index contributed by atoms with van der Waals surface area (Å²) in [6.07, 6.45) is 5.44. The molecule has 2 aliphatic heterocycles. The van der Waals surface area contributed by atoms with E-state index in [1.165, 1.54) is 4.57 Å². The molecule has 0 aliphatic carbocycles. The van der Waals surface area contributed by atoms with Crippen LogP contribution in [0.2, 0.25) is 0 Å². The fourth-order valence-corrected chi connectivity index (χ4v) is 4.73. The van der Waals surface area contributed by atoms with Crippen molar-refractivity contribution in [2.45, 2.75) is 51.1 Å². The van der Waals surface area contributed by atoms with E-state index in [4.69, 9.17) is 0 Å². The van der Waals surface area contributed by atoms with Crippen molar-refractivity contribution >= 4 is 29.1 Å². The number of carbonyl (C=O) groups excluding carboxylic acids is 3. The minimum atomic E-state index is -0.657. The van der Waals surface area contributed by atoms with E-state index < -0.39 is 11.9 Å². The van der Waals surface area contributed by atoms with Gasteiger partial charge in [-0.05, 0) is 62.4 Å². The van der Waals surface area contributed by atoms with Gasteiger partial charge in [-0.25, -0.2) is 4.79 Å². The van der Waals surface area contributed by atoms with E-state index in [0.717, 1.165) is 56.3 Å². The molecule has 1 aromatic carbocycles. The smallest absolute Gasteiger partial charge is 0.303 e.